The normalized spacial score (nSPS) is 14.1. The van der Waals surface area contributed by atoms with E-state index in [1.807, 2.05) is 24.3 Å². The monoisotopic (exact) mass is 320 g/mol. The van der Waals surface area contributed by atoms with Crippen molar-refractivity contribution in [2.45, 2.75) is 13.3 Å². The van der Waals surface area contributed by atoms with Gasteiger partial charge in [0, 0.05) is 4.47 Å². The second-order valence-corrected chi connectivity index (χ2v) is 4.93. The molecule has 5 nitrogen and oxygen atoms in total. The molecule has 0 aliphatic heterocycles. The van der Waals surface area contributed by atoms with Crippen molar-refractivity contribution < 1.29 is 18.4 Å². The van der Waals surface area contributed by atoms with Gasteiger partial charge in [-0.15, -0.1) is 0 Å². The van der Waals surface area contributed by atoms with Gasteiger partial charge in [0.2, 0.25) is 0 Å². The second kappa shape index (κ2) is 6.85. The lowest BCUT2D eigenvalue weighted by atomic mass is 10.0. The zero-order valence-electron chi connectivity index (χ0n) is 9.01. The summed E-state index contributed by atoms with van der Waals surface area (Å²) in [6.45, 7) is 1.66. The van der Waals surface area contributed by atoms with Gasteiger partial charge in [-0.25, -0.2) is 0 Å². The van der Waals surface area contributed by atoms with E-state index in [1.54, 1.807) is 11.8 Å². The first-order valence-corrected chi connectivity index (χ1v) is 6.66. The van der Waals surface area contributed by atoms with Gasteiger partial charge in [-0.2, -0.15) is 0 Å². The summed E-state index contributed by atoms with van der Waals surface area (Å²) in [4.78, 5) is 17.3. The van der Waals surface area contributed by atoms with Crippen molar-refractivity contribution in [2.75, 3.05) is 0 Å². The molecule has 2 unspecified atom stereocenters. The summed E-state index contributed by atoms with van der Waals surface area (Å²) in [5.74, 6) is -1.06. The number of carbonyl (C=O) groups excluding carboxylic acids is 1. The predicted octanol–water partition coefficient (Wildman–Crippen LogP) is 1.47. The third-order valence-electron chi connectivity index (χ3n) is 2.10. The largest absolute Gasteiger partial charge is 0.758 e. The summed E-state index contributed by atoms with van der Waals surface area (Å²) in [6.07, 6.45) is 0.466. The third kappa shape index (κ3) is 4.95. The summed E-state index contributed by atoms with van der Waals surface area (Å²) in [5, 5.41) is 0. The van der Waals surface area contributed by atoms with Crippen LogP contribution in [0.3, 0.4) is 0 Å². The maximum atomic E-state index is 11.4. The Morgan fingerprint density at radius 2 is 2.24 bits per heavy atom. The molecule has 0 radical (unpaired) electrons. The molecule has 0 aliphatic rings. The number of rotatable bonds is 5. The molecule has 1 aromatic rings. The fraction of sp³-hybridized carbons (Fsp3) is 0.300. The van der Waals surface area contributed by atoms with Gasteiger partial charge in [0.05, 0.1) is 17.2 Å². The Hall–Kier alpha value is -0.760. The minimum Gasteiger partial charge on any atom is -0.758 e. The predicted molar refractivity (Wildman–Crippen MR) is 65.2 cm³/mol. The molecular formula is C10H11BrNO4S-. The number of hydrogen-bond acceptors (Lipinski definition) is 4. The van der Waals surface area contributed by atoms with E-state index in [9.17, 15) is 13.6 Å². The molecule has 0 fully saturated rings. The molecule has 1 rings (SSSR count). The Labute approximate surface area is 110 Å². The molecule has 94 valence electrons. The first kappa shape index (κ1) is 14.3. The lowest BCUT2D eigenvalue weighted by Crippen LogP contribution is -2.26. The smallest absolute Gasteiger partial charge is 0.329 e. The minimum atomic E-state index is -2.61. The van der Waals surface area contributed by atoms with Gasteiger partial charge in [-0.05, 0) is 18.1 Å². The fourth-order valence-electron chi connectivity index (χ4n) is 1.25. The summed E-state index contributed by atoms with van der Waals surface area (Å²) < 4.78 is 21.2. The maximum absolute atomic E-state index is 11.4. The number of halogens is 1. The van der Waals surface area contributed by atoms with Gasteiger partial charge >= 0.3 is 5.97 Å². The molecule has 0 heterocycles. The molecule has 1 N–H and O–H groups in total. The van der Waals surface area contributed by atoms with Crippen LogP contribution in [0.5, 0.6) is 0 Å². The van der Waals surface area contributed by atoms with Crippen LogP contribution in [0.25, 0.3) is 0 Å². The van der Waals surface area contributed by atoms with Gasteiger partial charge < -0.3 is 9.39 Å². The highest BCUT2D eigenvalue weighted by Crippen LogP contribution is 2.19. The average molecular weight is 321 g/mol. The van der Waals surface area contributed by atoms with E-state index in [-0.39, 0.29) is 0 Å². The molecule has 2 atom stereocenters. The SMILES string of the molecule is CC(Cc1ccccc1Br)C(=O)ONS(=O)[O-]. The number of carbonyl (C=O) groups is 1. The molecule has 7 heteroatoms. The van der Waals surface area contributed by atoms with Gasteiger partial charge in [-0.1, -0.05) is 45.9 Å². The van der Waals surface area contributed by atoms with Crippen LogP contribution in [0.2, 0.25) is 0 Å². The maximum Gasteiger partial charge on any atom is 0.329 e. The van der Waals surface area contributed by atoms with Crippen LogP contribution >= 0.6 is 15.9 Å². The van der Waals surface area contributed by atoms with E-state index in [4.69, 9.17) is 0 Å². The highest BCUT2D eigenvalue weighted by Gasteiger charge is 2.16. The van der Waals surface area contributed by atoms with E-state index in [0.29, 0.717) is 6.42 Å². The summed E-state index contributed by atoms with van der Waals surface area (Å²) >= 11 is 0.764. The standard InChI is InChI=1S/C10H12BrNO4S/c1-7(10(13)16-12-17(14)15)6-8-4-2-3-5-9(8)11/h2-5,7,12H,6H2,1H3,(H,14,15)/p-1. The highest BCUT2D eigenvalue weighted by atomic mass is 79.9. The van der Waals surface area contributed by atoms with Crippen LogP contribution in [-0.2, 0) is 27.3 Å². The molecule has 0 aliphatic carbocycles. The van der Waals surface area contributed by atoms with Crippen LogP contribution < -0.4 is 4.89 Å². The van der Waals surface area contributed by atoms with Gasteiger partial charge in [-0.3, -0.25) is 9.00 Å². The number of hydrogen-bond donors (Lipinski definition) is 1. The van der Waals surface area contributed by atoms with Crippen molar-refractivity contribution >= 4 is 33.2 Å². The first-order chi connectivity index (χ1) is 8.00. The molecule has 1 aromatic carbocycles. The van der Waals surface area contributed by atoms with E-state index in [2.05, 4.69) is 20.8 Å². The van der Waals surface area contributed by atoms with Crippen LogP contribution in [0.4, 0.5) is 0 Å². The van der Waals surface area contributed by atoms with Crippen molar-refractivity contribution in [1.29, 1.82) is 0 Å². The zero-order valence-corrected chi connectivity index (χ0v) is 11.4. The molecule has 0 saturated carbocycles. The second-order valence-electron chi connectivity index (χ2n) is 3.44. The van der Waals surface area contributed by atoms with Gasteiger partial charge in [0.15, 0.2) is 0 Å². The van der Waals surface area contributed by atoms with E-state index >= 15 is 0 Å². The molecule has 0 bridgehead atoms. The third-order valence-corrected chi connectivity index (χ3v) is 3.09. The summed E-state index contributed by atoms with van der Waals surface area (Å²) in [7, 11) is 0. The average Bonchev–Trinajstić information content (AvgIpc) is 2.28. The van der Waals surface area contributed by atoms with Gasteiger partial charge in [0.25, 0.3) is 0 Å². The molecule has 0 aromatic heterocycles. The van der Waals surface area contributed by atoms with Crippen molar-refractivity contribution in [3.05, 3.63) is 34.3 Å². The molecule has 0 amide bonds. The van der Waals surface area contributed by atoms with Crippen LogP contribution in [0.1, 0.15) is 12.5 Å². The zero-order chi connectivity index (χ0) is 12.8. The van der Waals surface area contributed by atoms with Crippen LogP contribution in [0.15, 0.2) is 28.7 Å². The Bertz CT molecular complexity index is 427. The lowest BCUT2D eigenvalue weighted by molar-refractivity contribution is -0.151. The number of nitrogens with one attached hydrogen (secondary N) is 1. The first-order valence-electron chi connectivity index (χ1n) is 4.79. The topological polar surface area (TPSA) is 78.5 Å². The van der Waals surface area contributed by atoms with Crippen molar-refractivity contribution in [3.8, 4) is 0 Å². The number of benzene rings is 1. The fourth-order valence-corrected chi connectivity index (χ4v) is 1.85. The molecule has 0 spiro atoms. The highest BCUT2D eigenvalue weighted by molar-refractivity contribution is 9.10. The molecule has 0 saturated heterocycles. The van der Waals surface area contributed by atoms with Crippen molar-refractivity contribution in [2.24, 2.45) is 5.92 Å². The van der Waals surface area contributed by atoms with Crippen molar-refractivity contribution in [3.63, 3.8) is 0 Å². The molecule has 17 heavy (non-hydrogen) atoms. The summed E-state index contributed by atoms with van der Waals surface area (Å²) in [5.41, 5.74) is 0.959. The van der Waals surface area contributed by atoms with Gasteiger partial charge in [0.1, 0.15) is 0 Å². The Morgan fingerprint density at radius 1 is 1.59 bits per heavy atom. The van der Waals surface area contributed by atoms with Crippen LogP contribution in [-0.4, -0.2) is 14.7 Å². The Morgan fingerprint density at radius 3 is 2.82 bits per heavy atom. The van der Waals surface area contributed by atoms with E-state index < -0.39 is 23.2 Å². The van der Waals surface area contributed by atoms with Crippen molar-refractivity contribution in [1.82, 2.24) is 4.89 Å². The molecular weight excluding hydrogens is 310 g/mol. The Kier molecular flexibility index (Phi) is 5.76. The van der Waals surface area contributed by atoms with E-state index in [1.165, 1.54) is 0 Å². The lowest BCUT2D eigenvalue weighted by Gasteiger charge is -2.13. The van der Waals surface area contributed by atoms with E-state index in [0.717, 1.165) is 10.0 Å². The minimum absolute atomic E-state index is 0.440. The Balaban J connectivity index is 2.54. The quantitative estimate of drug-likeness (QED) is 0.658. The summed E-state index contributed by atoms with van der Waals surface area (Å²) in [6, 6.07) is 7.49. The van der Waals surface area contributed by atoms with Crippen LogP contribution in [0, 0.1) is 5.92 Å².